The topological polar surface area (TPSA) is 136 Å². The summed E-state index contributed by atoms with van der Waals surface area (Å²) in [4.78, 5) is 76.3. The third-order valence-electron chi connectivity index (χ3n) is 5.87. The van der Waals surface area contributed by atoms with Crippen LogP contribution in [-0.2, 0) is 32.1 Å². The fraction of sp³-hybridized carbons (Fsp3) is 0.250. The van der Waals surface area contributed by atoms with Gasteiger partial charge >= 0.3 is 23.9 Å². The highest BCUT2D eigenvalue weighted by atomic mass is 16.2. The van der Waals surface area contributed by atoms with Crippen LogP contribution in [0.1, 0.15) is 24.5 Å². The van der Waals surface area contributed by atoms with E-state index in [1.54, 1.807) is 37.3 Å². The van der Waals surface area contributed by atoms with Crippen LogP contribution in [0.4, 0.5) is 9.59 Å². The molecule has 0 radical (unpaired) electrons. The number of nitrogens with zero attached hydrogens (tertiary/aromatic N) is 3. The SMILES string of the molecule is C[C@]1(CCc2ccccc2)NC(=O)N(NC(=O)CN2C(=O)C(=O)N(Cc3ccccc3)C2=O)C1=O. The van der Waals surface area contributed by atoms with E-state index in [0.29, 0.717) is 28.3 Å². The predicted molar refractivity (Wildman–Crippen MR) is 121 cm³/mol. The number of nitrogens with one attached hydrogen (secondary N) is 2. The van der Waals surface area contributed by atoms with Crippen molar-refractivity contribution < 1.29 is 28.8 Å². The Balaban J connectivity index is 1.37. The molecule has 2 aliphatic heterocycles. The molecule has 11 nitrogen and oxygen atoms in total. The van der Waals surface area contributed by atoms with Crippen molar-refractivity contribution in [1.29, 1.82) is 0 Å². The summed E-state index contributed by atoms with van der Waals surface area (Å²) in [7, 11) is 0. The van der Waals surface area contributed by atoms with E-state index >= 15 is 0 Å². The Labute approximate surface area is 200 Å². The second-order valence-electron chi connectivity index (χ2n) is 8.47. The van der Waals surface area contributed by atoms with E-state index in [1.807, 2.05) is 30.3 Å². The number of hydrogen-bond acceptors (Lipinski definition) is 6. The van der Waals surface area contributed by atoms with Gasteiger partial charge < -0.3 is 5.32 Å². The van der Waals surface area contributed by atoms with Gasteiger partial charge in [-0.2, -0.15) is 5.01 Å². The molecule has 2 heterocycles. The molecular weight excluding hydrogens is 454 g/mol. The Bertz CT molecular complexity index is 1200. The summed E-state index contributed by atoms with van der Waals surface area (Å²) < 4.78 is 0. The summed E-state index contributed by atoms with van der Waals surface area (Å²) in [6.45, 7) is 0.595. The minimum Gasteiger partial charge on any atom is -0.322 e. The average Bonchev–Trinajstić information content (AvgIpc) is 3.18. The van der Waals surface area contributed by atoms with Gasteiger partial charge in [-0.25, -0.2) is 14.5 Å². The number of carbonyl (C=O) groups is 6. The van der Waals surface area contributed by atoms with E-state index in [9.17, 15) is 28.8 Å². The zero-order valence-electron chi connectivity index (χ0n) is 18.9. The molecule has 2 aromatic rings. The van der Waals surface area contributed by atoms with Crippen molar-refractivity contribution in [3.8, 4) is 0 Å². The standard InChI is InChI=1S/C24H23N5O6/c1-24(13-12-16-8-4-2-5-9-16)21(33)29(22(34)25-24)26-18(30)15-28-20(32)19(31)27(23(28)35)14-17-10-6-3-7-11-17/h2-11H,12-15H2,1H3,(H,25,34)(H,26,30)/t24-/m1/s1. The highest BCUT2D eigenvalue weighted by Crippen LogP contribution is 2.22. The fourth-order valence-electron chi connectivity index (χ4n) is 3.89. The Morgan fingerprint density at radius 1 is 0.857 bits per heavy atom. The number of benzene rings is 2. The number of rotatable bonds is 8. The number of urea groups is 2. The van der Waals surface area contributed by atoms with Gasteiger partial charge in [-0.1, -0.05) is 60.7 Å². The summed E-state index contributed by atoms with van der Waals surface area (Å²) in [6.07, 6.45) is 0.807. The smallest absolute Gasteiger partial charge is 0.322 e. The van der Waals surface area contributed by atoms with Crippen LogP contribution in [0.2, 0.25) is 0 Å². The largest absolute Gasteiger partial charge is 0.344 e. The Kier molecular flexibility index (Phi) is 6.32. The molecule has 35 heavy (non-hydrogen) atoms. The van der Waals surface area contributed by atoms with Crippen LogP contribution in [0.15, 0.2) is 60.7 Å². The molecule has 180 valence electrons. The van der Waals surface area contributed by atoms with Gasteiger partial charge in [0.25, 0.3) is 11.8 Å². The number of aryl methyl sites for hydroxylation is 1. The first kappa shape index (κ1) is 23.6. The number of carbonyl (C=O) groups excluding carboxylic acids is 6. The maximum absolute atomic E-state index is 12.9. The molecule has 0 bridgehead atoms. The molecule has 0 spiro atoms. The zero-order valence-corrected chi connectivity index (χ0v) is 18.9. The van der Waals surface area contributed by atoms with E-state index in [2.05, 4.69) is 10.7 Å². The van der Waals surface area contributed by atoms with Gasteiger partial charge in [0.1, 0.15) is 12.1 Å². The Morgan fingerprint density at radius 3 is 2.06 bits per heavy atom. The van der Waals surface area contributed by atoms with Gasteiger partial charge in [-0.3, -0.25) is 29.5 Å². The van der Waals surface area contributed by atoms with Crippen LogP contribution in [0, 0.1) is 0 Å². The second kappa shape index (κ2) is 9.37. The Morgan fingerprint density at radius 2 is 1.43 bits per heavy atom. The van der Waals surface area contributed by atoms with Gasteiger partial charge in [0, 0.05) is 0 Å². The van der Waals surface area contributed by atoms with Crippen molar-refractivity contribution in [3.63, 3.8) is 0 Å². The molecule has 2 N–H and O–H groups in total. The first-order chi connectivity index (χ1) is 16.7. The van der Waals surface area contributed by atoms with Crippen LogP contribution in [0.5, 0.6) is 0 Å². The maximum atomic E-state index is 12.9. The number of hydrogen-bond donors (Lipinski definition) is 2. The summed E-state index contributed by atoms with van der Waals surface area (Å²) in [5.74, 6) is -3.87. The van der Waals surface area contributed by atoms with Crippen LogP contribution in [0.25, 0.3) is 0 Å². The van der Waals surface area contributed by atoms with Crippen molar-refractivity contribution >= 4 is 35.7 Å². The number of hydrazine groups is 1. The van der Waals surface area contributed by atoms with E-state index in [0.717, 1.165) is 10.5 Å². The predicted octanol–water partition coefficient (Wildman–Crippen LogP) is 0.952. The quantitative estimate of drug-likeness (QED) is 0.429. The van der Waals surface area contributed by atoms with Crippen LogP contribution < -0.4 is 10.7 Å². The molecule has 2 aliphatic rings. The van der Waals surface area contributed by atoms with Gasteiger partial charge in [-0.05, 0) is 30.9 Å². The lowest BCUT2D eigenvalue weighted by atomic mass is 9.93. The molecule has 0 aromatic heterocycles. The van der Waals surface area contributed by atoms with E-state index in [4.69, 9.17) is 0 Å². The number of amides is 8. The highest BCUT2D eigenvalue weighted by Gasteiger charge is 2.49. The van der Waals surface area contributed by atoms with Crippen molar-refractivity contribution in [1.82, 2.24) is 25.6 Å². The monoisotopic (exact) mass is 477 g/mol. The highest BCUT2D eigenvalue weighted by molar-refractivity contribution is 6.45. The van der Waals surface area contributed by atoms with Gasteiger partial charge in [0.15, 0.2) is 0 Å². The minimum absolute atomic E-state index is 0.130. The molecule has 0 unspecified atom stereocenters. The first-order valence-electron chi connectivity index (χ1n) is 10.9. The van der Waals surface area contributed by atoms with E-state index in [-0.39, 0.29) is 6.54 Å². The lowest BCUT2D eigenvalue weighted by Crippen LogP contribution is -2.52. The second-order valence-corrected chi connectivity index (χ2v) is 8.47. The van der Waals surface area contributed by atoms with E-state index < -0.39 is 47.8 Å². The lowest BCUT2D eigenvalue weighted by molar-refractivity contribution is -0.145. The van der Waals surface area contributed by atoms with Gasteiger partial charge in [-0.15, -0.1) is 0 Å². The van der Waals surface area contributed by atoms with Crippen molar-refractivity contribution in [2.24, 2.45) is 0 Å². The number of imide groups is 3. The molecule has 4 rings (SSSR count). The van der Waals surface area contributed by atoms with E-state index in [1.165, 1.54) is 0 Å². The summed E-state index contributed by atoms with van der Waals surface area (Å²) in [5.41, 5.74) is 2.50. The third-order valence-corrected chi connectivity index (χ3v) is 5.87. The Hall–Kier alpha value is -4.54. The molecule has 11 heteroatoms. The first-order valence-corrected chi connectivity index (χ1v) is 10.9. The molecule has 2 aromatic carbocycles. The van der Waals surface area contributed by atoms with Crippen LogP contribution in [0.3, 0.4) is 0 Å². The molecular formula is C24H23N5O6. The maximum Gasteiger partial charge on any atom is 0.344 e. The normalized spacial score (nSPS) is 20.0. The molecule has 2 fully saturated rings. The molecule has 1 atom stereocenters. The van der Waals surface area contributed by atoms with Gasteiger partial charge in [0.2, 0.25) is 0 Å². The van der Waals surface area contributed by atoms with Crippen LogP contribution >= 0.6 is 0 Å². The van der Waals surface area contributed by atoms with Crippen molar-refractivity contribution in [2.75, 3.05) is 6.54 Å². The summed E-state index contributed by atoms with van der Waals surface area (Å²) in [6, 6.07) is 16.2. The third kappa shape index (κ3) is 4.74. The average molecular weight is 477 g/mol. The summed E-state index contributed by atoms with van der Waals surface area (Å²) in [5, 5.41) is 3.10. The molecule has 0 saturated carbocycles. The molecule has 0 aliphatic carbocycles. The lowest BCUT2D eigenvalue weighted by Gasteiger charge is -2.22. The van der Waals surface area contributed by atoms with Crippen molar-refractivity contribution in [3.05, 3.63) is 71.8 Å². The summed E-state index contributed by atoms with van der Waals surface area (Å²) >= 11 is 0. The zero-order chi connectivity index (χ0) is 25.2. The molecule has 8 amide bonds. The van der Waals surface area contributed by atoms with Crippen LogP contribution in [-0.4, -0.2) is 62.6 Å². The minimum atomic E-state index is -1.25. The fourth-order valence-corrected chi connectivity index (χ4v) is 3.89. The molecule has 2 saturated heterocycles. The van der Waals surface area contributed by atoms with Crippen molar-refractivity contribution in [2.45, 2.75) is 31.8 Å². The van der Waals surface area contributed by atoms with Gasteiger partial charge in [0.05, 0.1) is 6.54 Å².